The Morgan fingerprint density at radius 3 is 2.58 bits per heavy atom. The highest BCUT2D eigenvalue weighted by Gasteiger charge is 2.14. The van der Waals surface area contributed by atoms with Crippen LogP contribution in [0, 0.1) is 0 Å². The molecule has 1 aliphatic heterocycles. The summed E-state index contributed by atoms with van der Waals surface area (Å²) in [6.07, 6.45) is 0. The van der Waals surface area contributed by atoms with Gasteiger partial charge in [0.25, 0.3) is 5.91 Å². The molecule has 0 atom stereocenters. The lowest BCUT2D eigenvalue weighted by atomic mass is 10.1. The van der Waals surface area contributed by atoms with Crippen molar-refractivity contribution < 1.29 is 42.2 Å². The zero-order valence-corrected chi connectivity index (χ0v) is 16.3. The molecule has 1 N–H and O–H groups in total. The molecule has 0 aliphatic carbocycles. The maximum atomic E-state index is 12.1. The summed E-state index contributed by atoms with van der Waals surface area (Å²) in [6, 6.07) is 10.5. The fourth-order valence-corrected chi connectivity index (χ4v) is 2.46. The minimum Gasteiger partial charge on any atom is -0.454 e. The van der Waals surface area contributed by atoms with Gasteiger partial charge in [0.15, 0.2) is 18.1 Å². The number of hydrogen-bond donors (Lipinski definition) is 1. The number of alkyl halides is 2. The van der Waals surface area contributed by atoms with Gasteiger partial charge in [0.2, 0.25) is 13.4 Å². The first-order chi connectivity index (χ1) is 14.9. The molecule has 0 spiro atoms. The van der Waals surface area contributed by atoms with Crippen molar-refractivity contribution in [3.63, 3.8) is 0 Å². The summed E-state index contributed by atoms with van der Waals surface area (Å²) >= 11 is 0. The van der Waals surface area contributed by atoms with Gasteiger partial charge in [0, 0.05) is 11.3 Å². The van der Waals surface area contributed by atoms with Crippen LogP contribution in [0.1, 0.15) is 12.5 Å². The average Bonchev–Trinajstić information content (AvgIpc) is 3.21. The molecule has 31 heavy (non-hydrogen) atoms. The summed E-state index contributed by atoms with van der Waals surface area (Å²) in [4.78, 5) is 28.5. The molecule has 0 saturated heterocycles. The van der Waals surface area contributed by atoms with Gasteiger partial charge < -0.3 is 29.1 Å². The molecule has 0 saturated carbocycles. The van der Waals surface area contributed by atoms with Gasteiger partial charge in [-0.1, -0.05) is 5.16 Å². The van der Waals surface area contributed by atoms with E-state index >= 15 is 0 Å². The molecule has 0 radical (unpaired) electrons. The molecule has 164 valence electrons. The number of ether oxygens (including phenoxy) is 4. The van der Waals surface area contributed by atoms with E-state index in [0.29, 0.717) is 22.9 Å². The van der Waals surface area contributed by atoms with Gasteiger partial charge in [-0.25, -0.2) is 4.79 Å². The number of carbonyl (C=O) groups is 2. The molecule has 1 amide bonds. The second-order valence-corrected chi connectivity index (χ2v) is 6.13. The van der Waals surface area contributed by atoms with Gasteiger partial charge in [-0.15, -0.1) is 0 Å². The topological polar surface area (TPSA) is 105 Å². The molecule has 3 rings (SSSR count). The predicted octanol–water partition coefficient (Wildman–Crippen LogP) is 2.94. The van der Waals surface area contributed by atoms with Crippen molar-refractivity contribution in [2.24, 2.45) is 5.16 Å². The van der Waals surface area contributed by atoms with E-state index < -0.39 is 31.7 Å². The third-order valence-corrected chi connectivity index (χ3v) is 3.90. The highest BCUT2D eigenvalue weighted by atomic mass is 19.3. The van der Waals surface area contributed by atoms with Crippen molar-refractivity contribution >= 4 is 23.3 Å². The standard InChI is InChI=1S/C20H18F2N2O7/c1-12(13-2-7-16-17(8-13)29-11-28-16)24-30-10-19(26)27-9-18(25)23-14-3-5-15(6-4-14)31-20(21)22/h2-8,20H,9-11H2,1H3,(H,23,25). The first kappa shape index (κ1) is 21.8. The highest BCUT2D eigenvalue weighted by Crippen LogP contribution is 2.32. The number of nitrogens with one attached hydrogen (secondary N) is 1. The first-order valence-electron chi connectivity index (χ1n) is 8.97. The van der Waals surface area contributed by atoms with E-state index in [1.807, 2.05) is 0 Å². The Labute approximate surface area is 175 Å². The fraction of sp³-hybridized carbons (Fsp3) is 0.250. The number of fused-ring (bicyclic) bond motifs is 1. The molecule has 2 aromatic rings. The van der Waals surface area contributed by atoms with E-state index in [2.05, 4.69) is 15.2 Å². The van der Waals surface area contributed by atoms with Crippen molar-refractivity contribution in [1.29, 1.82) is 0 Å². The van der Waals surface area contributed by atoms with Gasteiger partial charge in [0.05, 0.1) is 5.71 Å². The average molecular weight is 436 g/mol. The number of anilines is 1. The number of amides is 1. The predicted molar refractivity (Wildman–Crippen MR) is 103 cm³/mol. The normalized spacial score (nSPS) is 12.5. The van der Waals surface area contributed by atoms with Crippen LogP contribution in [0.5, 0.6) is 17.2 Å². The zero-order valence-electron chi connectivity index (χ0n) is 16.3. The van der Waals surface area contributed by atoms with Gasteiger partial charge in [0.1, 0.15) is 5.75 Å². The summed E-state index contributed by atoms with van der Waals surface area (Å²) in [7, 11) is 0. The largest absolute Gasteiger partial charge is 0.454 e. The van der Waals surface area contributed by atoms with Crippen LogP contribution in [0.15, 0.2) is 47.6 Å². The molecule has 0 aromatic heterocycles. The summed E-state index contributed by atoms with van der Waals surface area (Å²) in [5.74, 6) is -0.229. The number of rotatable bonds is 9. The molecule has 1 heterocycles. The smallest absolute Gasteiger partial charge is 0.387 e. The van der Waals surface area contributed by atoms with Gasteiger partial charge in [-0.2, -0.15) is 8.78 Å². The third kappa shape index (κ3) is 6.56. The monoisotopic (exact) mass is 436 g/mol. The SMILES string of the molecule is CC(=NOCC(=O)OCC(=O)Nc1ccc(OC(F)F)cc1)c1ccc2c(c1)OCO2. The van der Waals surface area contributed by atoms with Crippen LogP contribution in [0.2, 0.25) is 0 Å². The molecule has 0 fully saturated rings. The molecular weight excluding hydrogens is 418 g/mol. The van der Waals surface area contributed by atoms with E-state index in [1.165, 1.54) is 24.3 Å². The molecule has 2 aromatic carbocycles. The first-order valence-corrected chi connectivity index (χ1v) is 8.97. The number of carbonyl (C=O) groups excluding carboxylic acids is 2. The lowest BCUT2D eigenvalue weighted by molar-refractivity contribution is -0.151. The van der Waals surface area contributed by atoms with Crippen molar-refractivity contribution in [3.05, 3.63) is 48.0 Å². The maximum Gasteiger partial charge on any atom is 0.387 e. The number of hydrogen-bond acceptors (Lipinski definition) is 8. The quantitative estimate of drug-likeness (QED) is 0.366. The Hall–Kier alpha value is -3.89. The van der Waals surface area contributed by atoms with Crippen LogP contribution in [-0.4, -0.2) is 44.2 Å². The Balaban J connectivity index is 1.38. The van der Waals surface area contributed by atoms with Gasteiger partial charge >= 0.3 is 12.6 Å². The molecule has 11 heteroatoms. The van der Waals surface area contributed by atoms with E-state index in [0.717, 1.165) is 5.56 Å². The van der Waals surface area contributed by atoms with Crippen LogP contribution in [-0.2, 0) is 19.2 Å². The zero-order chi connectivity index (χ0) is 22.2. The van der Waals surface area contributed by atoms with Crippen LogP contribution < -0.4 is 19.5 Å². The number of benzene rings is 2. The van der Waals surface area contributed by atoms with Gasteiger partial charge in [-0.3, -0.25) is 4.79 Å². The molecule has 0 unspecified atom stereocenters. The van der Waals surface area contributed by atoms with Crippen molar-refractivity contribution in [1.82, 2.24) is 0 Å². The second-order valence-electron chi connectivity index (χ2n) is 6.13. The van der Waals surface area contributed by atoms with E-state index in [9.17, 15) is 18.4 Å². The number of nitrogens with zero attached hydrogens (tertiary/aromatic N) is 1. The van der Waals surface area contributed by atoms with Gasteiger partial charge in [-0.05, 0) is 49.4 Å². The van der Waals surface area contributed by atoms with E-state index in [-0.39, 0.29) is 12.5 Å². The molecule has 9 nitrogen and oxygen atoms in total. The molecule has 1 aliphatic rings. The summed E-state index contributed by atoms with van der Waals surface area (Å²) < 4.78 is 43.7. The van der Waals surface area contributed by atoms with Crippen LogP contribution in [0.25, 0.3) is 0 Å². The van der Waals surface area contributed by atoms with Crippen molar-refractivity contribution in [2.75, 3.05) is 25.3 Å². The van der Waals surface area contributed by atoms with Crippen LogP contribution in [0.4, 0.5) is 14.5 Å². The fourth-order valence-electron chi connectivity index (χ4n) is 2.46. The Bertz CT molecular complexity index is 965. The van der Waals surface area contributed by atoms with Crippen molar-refractivity contribution in [3.8, 4) is 17.2 Å². The Morgan fingerprint density at radius 2 is 1.84 bits per heavy atom. The Kier molecular flexibility index (Phi) is 7.20. The van der Waals surface area contributed by atoms with Crippen LogP contribution >= 0.6 is 0 Å². The van der Waals surface area contributed by atoms with Crippen LogP contribution in [0.3, 0.4) is 0 Å². The summed E-state index contributed by atoms with van der Waals surface area (Å²) in [6.45, 7) is -2.14. The minimum atomic E-state index is -2.94. The lowest BCUT2D eigenvalue weighted by Crippen LogP contribution is -2.22. The van der Waals surface area contributed by atoms with Crippen molar-refractivity contribution in [2.45, 2.75) is 13.5 Å². The highest BCUT2D eigenvalue weighted by molar-refractivity contribution is 5.99. The maximum absolute atomic E-state index is 12.1. The number of halogens is 2. The Morgan fingerprint density at radius 1 is 1.10 bits per heavy atom. The third-order valence-electron chi connectivity index (χ3n) is 3.90. The summed E-state index contributed by atoms with van der Waals surface area (Å²) in [5.41, 5.74) is 1.55. The number of esters is 1. The lowest BCUT2D eigenvalue weighted by Gasteiger charge is -2.08. The molecule has 0 bridgehead atoms. The second kappa shape index (κ2) is 10.2. The number of oxime groups is 1. The minimum absolute atomic E-state index is 0.0480. The molecular formula is C20H18F2N2O7. The van der Waals surface area contributed by atoms with E-state index in [4.69, 9.17) is 19.0 Å². The van der Waals surface area contributed by atoms with E-state index in [1.54, 1.807) is 25.1 Å². The summed E-state index contributed by atoms with van der Waals surface area (Å²) in [5, 5.41) is 6.28.